The maximum atomic E-state index is 13.3. The van der Waals surface area contributed by atoms with Gasteiger partial charge in [-0.1, -0.05) is 61.8 Å². The summed E-state index contributed by atoms with van der Waals surface area (Å²) >= 11 is 6.06. The number of aliphatic hydroxyl groups is 2. The molecule has 6 nitrogen and oxygen atoms in total. The molecule has 0 fully saturated rings. The van der Waals surface area contributed by atoms with Crippen LogP contribution in [-0.2, 0) is 0 Å². The van der Waals surface area contributed by atoms with Gasteiger partial charge in [-0.25, -0.2) is 4.98 Å². The first-order valence-electron chi connectivity index (χ1n) is 11.0. The van der Waals surface area contributed by atoms with Crippen LogP contribution in [0.15, 0.2) is 54.7 Å². The Hall–Kier alpha value is -2.93. The molecule has 0 radical (unpaired) electrons. The summed E-state index contributed by atoms with van der Waals surface area (Å²) in [7, 11) is 1.69. The highest BCUT2D eigenvalue weighted by atomic mass is 35.5. The first-order chi connectivity index (χ1) is 15.9. The molecule has 174 valence electrons. The number of benzene rings is 2. The summed E-state index contributed by atoms with van der Waals surface area (Å²) in [5, 5.41) is 27.0. The number of halogens is 1. The van der Waals surface area contributed by atoms with Crippen LogP contribution < -0.4 is 10.6 Å². The van der Waals surface area contributed by atoms with Gasteiger partial charge in [-0.15, -0.1) is 0 Å². The quantitative estimate of drug-likeness (QED) is 0.340. The van der Waals surface area contributed by atoms with Crippen LogP contribution in [0.1, 0.15) is 59.3 Å². The molecule has 0 saturated carbocycles. The lowest BCUT2D eigenvalue weighted by molar-refractivity contribution is 0.0946. The number of pyridine rings is 1. The standard InChI is InChI=1S/C26H30ClN3O3/c1-16(2)19-7-4-5-8-20(19)21-15-30-25(28-3)23(26(33)29-13-6-14-31)22(21)24(32)17-9-11-18(27)12-10-17/h4-5,7-12,15-16,24,31-32H,6,13-14H2,1-3H3,(H,28,30)(H,29,33). The van der Waals surface area contributed by atoms with Crippen molar-refractivity contribution in [3.8, 4) is 11.1 Å². The van der Waals surface area contributed by atoms with Gasteiger partial charge in [-0.05, 0) is 41.2 Å². The van der Waals surface area contributed by atoms with E-state index in [9.17, 15) is 9.90 Å². The van der Waals surface area contributed by atoms with Crippen molar-refractivity contribution in [2.24, 2.45) is 0 Å². The van der Waals surface area contributed by atoms with Crippen molar-refractivity contribution >= 4 is 23.3 Å². The zero-order valence-corrected chi connectivity index (χ0v) is 19.9. The average molecular weight is 468 g/mol. The van der Waals surface area contributed by atoms with Gasteiger partial charge in [0, 0.05) is 42.5 Å². The Morgan fingerprint density at radius 2 is 1.79 bits per heavy atom. The fourth-order valence-corrected chi connectivity index (χ4v) is 4.00. The van der Waals surface area contributed by atoms with E-state index in [1.807, 2.05) is 24.3 Å². The Bertz CT molecular complexity index is 1100. The molecule has 1 unspecified atom stereocenters. The number of rotatable bonds is 9. The molecule has 1 heterocycles. The maximum absolute atomic E-state index is 13.3. The van der Waals surface area contributed by atoms with Crippen LogP contribution in [0.3, 0.4) is 0 Å². The van der Waals surface area contributed by atoms with Gasteiger partial charge >= 0.3 is 0 Å². The summed E-state index contributed by atoms with van der Waals surface area (Å²) in [6.45, 7) is 4.49. The van der Waals surface area contributed by atoms with Gasteiger partial charge in [0.15, 0.2) is 0 Å². The Morgan fingerprint density at radius 3 is 2.42 bits per heavy atom. The molecule has 7 heteroatoms. The van der Waals surface area contributed by atoms with Crippen molar-refractivity contribution in [3.05, 3.63) is 82.0 Å². The number of hydrogen-bond acceptors (Lipinski definition) is 5. The van der Waals surface area contributed by atoms with Crippen molar-refractivity contribution in [2.75, 3.05) is 25.5 Å². The van der Waals surface area contributed by atoms with Crippen LogP contribution in [0, 0.1) is 0 Å². The first kappa shape index (κ1) is 24.7. The van der Waals surface area contributed by atoms with E-state index in [0.717, 1.165) is 11.1 Å². The number of carbonyl (C=O) groups excluding carboxylic acids is 1. The van der Waals surface area contributed by atoms with E-state index < -0.39 is 6.10 Å². The average Bonchev–Trinajstić information content (AvgIpc) is 2.83. The van der Waals surface area contributed by atoms with Gasteiger partial charge in [-0.2, -0.15) is 0 Å². The van der Waals surface area contributed by atoms with E-state index in [0.29, 0.717) is 40.5 Å². The monoisotopic (exact) mass is 467 g/mol. The van der Waals surface area contributed by atoms with Crippen LogP contribution in [0.2, 0.25) is 5.02 Å². The van der Waals surface area contributed by atoms with Gasteiger partial charge in [0.05, 0.1) is 5.56 Å². The lowest BCUT2D eigenvalue weighted by atomic mass is 9.86. The number of nitrogens with zero attached hydrogens (tertiary/aromatic N) is 1. The molecule has 0 saturated heterocycles. The molecule has 2 aromatic carbocycles. The third-order valence-electron chi connectivity index (χ3n) is 5.54. The molecule has 0 aliphatic heterocycles. The number of anilines is 1. The van der Waals surface area contributed by atoms with Crippen LogP contribution in [-0.4, -0.2) is 41.3 Å². The fourth-order valence-electron chi connectivity index (χ4n) is 3.87. The lowest BCUT2D eigenvalue weighted by Crippen LogP contribution is -2.28. The molecule has 3 rings (SSSR count). The minimum absolute atomic E-state index is 0.0283. The van der Waals surface area contributed by atoms with Gasteiger partial charge in [0.1, 0.15) is 11.9 Å². The third-order valence-corrected chi connectivity index (χ3v) is 5.79. The highest BCUT2D eigenvalue weighted by molar-refractivity contribution is 6.30. The topological polar surface area (TPSA) is 94.5 Å². The molecule has 3 aromatic rings. The van der Waals surface area contributed by atoms with Gasteiger partial charge in [0.25, 0.3) is 5.91 Å². The molecule has 33 heavy (non-hydrogen) atoms. The van der Waals surface area contributed by atoms with E-state index >= 15 is 0 Å². The van der Waals surface area contributed by atoms with Crippen molar-refractivity contribution in [1.29, 1.82) is 0 Å². The summed E-state index contributed by atoms with van der Waals surface area (Å²) in [5.74, 6) is 0.227. The zero-order valence-electron chi connectivity index (χ0n) is 19.1. The van der Waals surface area contributed by atoms with Crippen molar-refractivity contribution in [2.45, 2.75) is 32.3 Å². The van der Waals surface area contributed by atoms with E-state index in [-0.39, 0.29) is 24.0 Å². The Labute approximate surface area is 199 Å². The third kappa shape index (κ3) is 5.53. The van der Waals surface area contributed by atoms with Crippen molar-refractivity contribution in [1.82, 2.24) is 10.3 Å². The number of hydrogen-bond donors (Lipinski definition) is 4. The normalized spacial score (nSPS) is 12.0. The summed E-state index contributed by atoms with van der Waals surface area (Å²) in [6.07, 6.45) is 1.04. The lowest BCUT2D eigenvalue weighted by Gasteiger charge is -2.24. The summed E-state index contributed by atoms with van der Waals surface area (Å²) in [5.41, 5.74) is 4.04. The smallest absolute Gasteiger partial charge is 0.255 e. The zero-order chi connectivity index (χ0) is 24.0. The number of nitrogens with one attached hydrogen (secondary N) is 2. The van der Waals surface area contributed by atoms with Crippen LogP contribution >= 0.6 is 11.6 Å². The van der Waals surface area contributed by atoms with E-state index in [1.54, 1.807) is 37.5 Å². The predicted octanol–water partition coefficient (Wildman–Crippen LogP) is 4.76. The summed E-state index contributed by atoms with van der Waals surface area (Å²) < 4.78 is 0. The summed E-state index contributed by atoms with van der Waals surface area (Å²) in [6, 6.07) is 14.9. The molecular formula is C26H30ClN3O3. The second-order valence-corrected chi connectivity index (χ2v) is 8.52. The van der Waals surface area contributed by atoms with Crippen molar-refractivity contribution in [3.63, 3.8) is 0 Å². The maximum Gasteiger partial charge on any atom is 0.255 e. The predicted molar refractivity (Wildman–Crippen MR) is 133 cm³/mol. The molecule has 0 aliphatic rings. The van der Waals surface area contributed by atoms with E-state index in [1.165, 1.54) is 0 Å². The summed E-state index contributed by atoms with van der Waals surface area (Å²) in [4.78, 5) is 17.8. The number of carbonyl (C=O) groups is 1. The van der Waals surface area contributed by atoms with Crippen LogP contribution in [0.5, 0.6) is 0 Å². The number of aromatic nitrogens is 1. The minimum atomic E-state index is -1.09. The Kier molecular flexibility index (Phi) is 8.44. The molecule has 4 N–H and O–H groups in total. The molecule has 0 spiro atoms. The number of aliphatic hydroxyl groups excluding tert-OH is 2. The Morgan fingerprint density at radius 1 is 1.09 bits per heavy atom. The van der Waals surface area contributed by atoms with Gasteiger partial charge in [-0.3, -0.25) is 4.79 Å². The number of amides is 1. The fraction of sp³-hybridized carbons (Fsp3) is 0.308. The Balaban J connectivity index is 2.28. The first-order valence-corrected chi connectivity index (χ1v) is 11.4. The highest BCUT2D eigenvalue weighted by Crippen LogP contribution is 2.39. The van der Waals surface area contributed by atoms with Crippen LogP contribution in [0.25, 0.3) is 11.1 Å². The largest absolute Gasteiger partial charge is 0.396 e. The van der Waals surface area contributed by atoms with Crippen molar-refractivity contribution < 1.29 is 15.0 Å². The minimum Gasteiger partial charge on any atom is -0.396 e. The molecule has 1 aromatic heterocycles. The van der Waals surface area contributed by atoms with Crippen LogP contribution in [0.4, 0.5) is 5.82 Å². The highest BCUT2D eigenvalue weighted by Gasteiger charge is 2.28. The second kappa shape index (κ2) is 11.3. The molecule has 1 atom stereocenters. The SMILES string of the molecule is CNc1ncc(-c2ccccc2C(C)C)c(C(O)c2ccc(Cl)cc2)c1C(=O)NCCCO. The van der Waals surface area contributed by atoms with E-state index in [2.05, 4.69) is 29.5 Å². The molecular weight excluding hydrogens is 438 g/mol. The molecule has 0 aliphatic carbocycles. The van der Waals surface area contributed by atoms with Gasteiger partial charge < -0.3 is 20.8 Å². The van der Waals surface area contributed by atoms with E-state index in [4.69, 9.17) is 16.7 Å². The molecule has 1 amide bonds. The molecule has 0 bridgehead atoms. The van der Waals surface area contributed by atoms with Gasteiger partial charge in [0.2, 0.25) is 0 Å². The second-order valence-electron chi connectivity index (χ2n) is 8.09.